The van der Waals surface area contributed by atoms with Crippen LogP contribution in [0, 0.1) is 0 Å². The van der Waals surface area contributed by atoms with E-state index in [2.05, 4.69) is 5.32 Å². The molecule has 1 N–H and O–H groups in total. The molecule has 1 atom stereocenters. The lowest BCUT2D eigenvalue weighted by molar-refractivity contribution is -0.139. The lowest BCUT2D eigenvalue weighted by atomic mass is 9.95. The Bertz CT molecular complexity index is 1250. The van der Waals surface area contributed by atoms with Crippen molar-refractivity contribution in [1.29, 1.82) is 0 Å². The van der Waals surface area contributed by atoms with E-state index in [1.807, 2.05) is 0 Å². The minimum absolute atomic E-state index is 0.0304. The van der Waals surface area contributed by atoms with Gasteiger partial charge in [-0.05, 0) is 50.1 Å². The molecule has 8 nitrogen and oxygen atoms in total. The van der Waals surface area contributed by atoms with Gasteiger partial charge in [0.25, 0.3) is 0 Å². The van der Waals surface area contributed by atoms with Gasteiger partial charge in [0.15, 0.2) is 0 Å². The molecule has 1 aliphatic rings. The van der Waals surface area contributed by atoms with Crippen LogP contribution in [0.15, 0.2) is 36.4 Å². The van der Waals surface area contributed by atoms with E-state index >= 15 is 0 Å². The lowest BCUT2D eigenvalue weighted by Gasteiger charge is -2.33. The van der Waals surface area contributed by atoms with Crippen LogP contribution in [-0.2, 0) is 26.2 Å². The molecule has 12 heteroatoms. The molecule has 1 aliphatic carbocycles. The summed E-state index contributed by atoms with van der Waals surface area (Å²) >= 11 is 18.9. The predicted octanol–water partition coefficient (Wildman–Crippen LogP) is 5.29. The number of anilines is 1. The average molecular weight is 605 g/mol. The maximum atomic E-state index is 13.8. The summed E-state index contributed by atoms with van der Waals surface area (Å²) in [5.41, 5.74) is 0.554. The third-order valence-electron chi connectivity index (χ3n) is 6.60. The van der Waals surface area contributed by atoms with Crippen molar-refractivity contribution in [1.82, 2.24) is 10.2 Å². The van der Waals surface area contributed by atoms with Gasteiger partial charge < -0.3 is 15.0 Å². The number of amides is 2. The highest BCUT2D eigenvalue weighted by Crippen LogP contribution is 2.33. The zero-order chi connectivity index (χ0) is 28.0. The fourth-order valence-corrected chi connectivity index (χ4v) is 5.99. The fourth-order valence-electron chi connectivity index (χ4n) is 4.46. The van der Waals surface area contributed by atoms with Gasteiger partial charge in [0.2, 0.25) is 21.8 Å². The van der Waals surface area contributed by atoms with Crippen LogP contribution in [0.25, 0.3) is 0 Å². The molecule has 2 aromatic rings. The maximum absolute atomic E-state index is 13.8. The second-order valence-electron chi connectivity index (χ2n) is 9.33. The Hall–Kier alpha value is -2.20. The molecule has 208 valence electrons. The number of methoxy groups -OCH3 is 1. The van der Waals surface area contributed by atoms with Crippen LogP contribution in [0.3, 0.4) is 0 Å². The number of ether oxygens (including phenoxy) is 1. The van der Waals surface area contributed by atoms with E-state index in [-0.39, 0.29) is 35.0 Å². The van der Waals surface area contributed by atoms with Gasteiger partial charge >= 0.3 is 0 Å². The third-order valence-corrected chi connectivity index (χ3v) is 8.67. The number of hydrogen-bond acceptors (Lipinski definition) is 5. The van der Waals surface area contributed by atoms with E-state index in [1.54, 1.807) is 31.2 Å². The van der Waals surface area contributed by atoms with Gasteiger partial charge in [0.1, 0.15) is 18.3 Å². The van der Waals surface area contributed by atoms with Crippen LogP contribution < -0.4 is 14.4 Å². The summed E-state index contributed by atoms with van der Waals surface area (Å²) in [5, 5.41) is 3.96. The smallest absolute Gasteiger partial charge is 0.244 e. The number of nitrogens with zero attached hydrogens (tertiary/aromatic N) is 2. The van der Waals surface area contributed by atoms with Gasteiger partial charge in [-0.1, -0.05) is 60.1 Å². The van der Waals surface area contributed by atoms with Crippen molar-refractivity contribution in [3.8, 4) is 5.75 Å². The van der Waals surface area contributed by atoms with E-state index in [4.69, 9.17) is 39.5 Å². The van der Waals surface area contributed by atoms with Gasteiger partial charge in [0, 0.05) is 33.2 Å². The molecule has 0 aliphatic heterocycles. The molecule has 0 radical (unpaired) electrons. The Morgan fingerprint density at radius 1 is 1.08 bits per heavy atom. The molecule has 3 rings (SSSR count). The molecule has 0 unspecified atom stereocenters. The van der Waals surface area contributed by atoms with Gasteiger partial charge in [0.05, 0.1) is 19.1 Å². The number of hydrogen-bond donors (Lipinski definition) is 1. The molecule has 1 fully saturated rings. The summed E-state index contributed by atoms with van der Waals surface area (Å²) in [6, 6.07) is 8.52. The van der Waals surface area contributed by atoms with E-state index in [9.17, 15) is 18.0 Å². The van der Waals surface area contributed by atoms with E-state index in [0.29, 0.717) is 15.6 Å². The summed E-state index contributed by atoms with van der Waals surface area (Å²) in [4.78, 5) is 28.4. The van der Waals surface area contributed by atoms with Crippen molar-refractivity contribution in [3.05, 3.63) is 57.0 Å². The van der Waals surface area contributed by atoms with Crippen molar-refractivity contribution in [2.45, 2.75) is 57.7 Å². The molecule has 0 saturated heterocycles. The van der Waals surface area contributed by atoms with Crippen molar-refractivity contribution < 1.29 is 22.7 Å². The van der Waals surface area contributed by atoms with Crippen LogP contribution in [0.4, 0.5) is 5.69 Å². The quantitative estimate of drug-likeness (QED) is 0.398. The topological polar surface area (TPSA) is 96.0 Å². The molecular formula is C26H32Cl3N3O5S. The summed E-state index contributed by atoms with van der Waals surface area (Å²) < 4.78 is 31.9. The van der Waals surface area contributed by atoms with Gasteiger partial charge in [-0.2, -0.15) is 0 Å². The Labute approximate surface area is 239 Å². The highest BCUT2D eigenvalue weighted by molar-refractivity contribution is 7.92. The second kappa shape index (κ2) is 13.2. The van der Waals surface area contributed by atoms with Crippen LogP contribution in [0.2, 0.25) is 15.1 Å². The number of halogens is 3. The summed E-state index contributed by atoms with van der Waals surface area (Å²) in [7, 11) is -2.57. The fraction of sp³-hybridized carbons (Fsp3) is 0.462. The van der Waals surface area contributed by atoms with Gasteiger partial charge in [-0.15, -0.1) is 0 Å². The van der Waals surface area contributed by atoms with Gasteiger partial charge in [-0.3, -0.25) is 13.9 Å². The van der Waals surface area contributed by atoms with Crippen molar-refractivity contribution in [3.63, 3.8) is 0 Å². The molecule has 1 saturated carbocycles. The van der Waals surface area contributed by atoms with Crippen molar-refractivity contribution in [2.75, 3.05) is 24.2 Å². The SMILES string of the molecule is COc1ccc(Cl)cc1N(CC(=O)N(Cc1c(Cl)cccc1Cl)[C@H](C)C(=O)NC1CCCCC1)S(C)(=O)=O. The normalized spacial score (nSPS) is 15.0. The standard InChI is InChI=1S/C26H32Cl3N3O5S/c1-17(26(34)30-19-8-5-4-6-9-19)31(15-20-21(28)10-7-11-22(20)29)25(33)16-32(38(3,35)36)23-14-18(27)12-13-24(23)37-2/h7,10-14,17,19H,4-6,8-9,15-16H2,1-3H3,(H,30,34)/t17-/m1/s1. The van der Waals surface area contributed by atoms with Crippen LogP contribution in [0.1, 0.15) is 44.6 Å². The maximum Gasteiger partial charge on any atom is 0.244 e. The number of benzene rings is 2. The minimum atomic E-state index is -3.96. The molecule has 0 heterocycles. The number of rotatable bonds is 10. The lowest BCUT2D eigenvalue weighted by Crippen LogP contribution is -2.53. The molecule has 38 heavy (non-hydrogen) atoms. The summed E-state index contributed by atoms with van der Waals surface area (Å²) in [6.07, 6.45) is 5.92. The molecule has 0 spiro atoms. The second-order valence-corrected chi connectivity index (χ2v) is 12.5. The van der Waals surface area contributed by atoms with Crippen LogP contribution in [0.5, 0.6) is 5.75 Å². The van der Waals surface area contributed by atoms with Crippen LogP contribution >= 0.6 is 34.8 Å². The first-order chi connectivity index (χ1) is 17.9. The van der Waals surface area contributed by atoms with E-state index < -0.39 is 28.5 Å². The minimum Gasteiger partial charge on any atom is -0.495 e. The third kappa shape index (κ3) is 7.68. The summed E-state index contributed by atoms with van der Waals surface area (Å²) in [5.74, 6) is -0.740. The first-order valence-electron chi connectivity index (χ1n) is 12.3. The Morgan fingerprint density at radius 2 is 1.71 bits per heavy atom. The van der Waals surface area contributed by atoms with Crippen molar-refractivity contribution >= 4 is 62.3 Å². The number of carbonyl (C=O) groups is 2. The molecular weight excluding hydrogens is 573 g/mol. The summed E-state index contributed by atoms with van der Waals surface area (Å²) in [6.45, 7) is 0.908. The molecule has 0 aromatic heterocycles. The largest absolute Gasteiger partial charge is 0.495 e. The number of carbonyl (C=O) groups excluding carboxylic acids is 2. The Kier molecular flexibility index (Phi) is 10.6. The highest BCUT2D eigenvalue weighted by atomic mass is 35.5. The van der Waals surface area contributed by atoms with E-state index in [1.165, 1.54) is 24.1 Å². The molecule has 2 amide bonds. The predicted molar refractivity (Wildman–Crippen MR) is 152 cm³/mol. The zero-order valence-electron chi connectivity index (χ0n) is 21.5. The number of nitrogens with one attached hydrogen (secondary N) is 1. The van der Waals surface area contributed by atoms with Crippen LogP contribution in [-0.4, -0.2) is 57.1 Å². The van der Waals surface area contributed by atoms with Gasteiger partial charge in [-0.25, -0.2) is 8.42 Å². The zero-order valence-corrected chi connectivity index (χ0v) is 24.6. The number of sulfonamides is 1. The highest BCUT2D eigenvalue weighted by Gasteiger charge is 2.33. The van der Waals surface area contributed by atoms with E-state index in [0.717, 1.165) is 42.7 Å². The Balaban J connectivity index is 1.96. The first kappa shape index (κ1) is 30.3. The molecule has 0 bridgehead atoms. The first-order valence-corrected chi connectivity index (χ1v) is 15.2. The average Bonchev–Trinajstić information content (AvgIpc) is 2.86. The van der Waals surface area contributed by atoms with Crippen molar-refractivity contribution in [2.24, 2.45) is 0 Å². The molecule has 2 aromatic carbocycles. The monoisotopic (exact) mass is 603 g/mol. The Morgan fingerprint density at radius 3 is 2.29 bits per heavy atom.